The summed E-state index contributed by atoms with van der Waals surface area (Å²) >= 11 is 3.20. The molecule has 1 N–H and O–H groups in total. The predicted molar refractivity (Wildman–Crippen MR) is 67.0 cm³/mol. The molecule has 0 aromatic carbocycles. The third-order valence-electron chi connectivity index (χ3n) is 1.74. The fraction of sp³-hybridized carbons (Fsp3) is 0.455. The lowest BCUT2D eigenvalue weighted by Crippen LogP contribution is -2.21. The van der Waals surface area contributed by atoms with Crippen molar-refractivity contribution in [2.45, 2.75) is 31.7 Å². The SMILES string of the molecule is CC(C)Oc1ncccc1NC(=O)C(C)Br. The van der Waals surface area contributed by atoms with Crippen LogP contribution in [0.5, 0.6) is 5.88 Å². The van der Waals surface area contributed by atoms with Gasteiger partial charge in [0.1, 0.15) is 5.69 Å². The highest BCUT2D eigenvalue weighted by atomic mass is 79.9. The molecule has 88 valence electrons. The summed E-state index contributed by atoms with van der Waals surface area (Å²) in [4.78, 5) is 15.3. The number of ether oxygens (including phenoxy) is 1. The van der Waals surface area contributed by atoms with E-state index in [4.69, 9.17) is 4.74 Å². The van der Waals surface area contributed by atoms with Gasteiger partial charge < -0.3 is 10.1 Å². The van der Waals surface area contributed by atoms with Crippen molar-refractivity contribution in [1.29, 1.82) is 0 Å². The largest absolute Gasteiger partial charge is 0.473 e. The molecule has 1 aromatic rings. The van der Waals surface area contributed by atoms with Crippen LogP contribution in [0.1, 0.15) is 20.8 Å². The van der Waals surface area contributed by atoms with Gasteiger partial charge in [-0.15, -0.1) is 0 Å². The van der Waals surface area contributed by atoms with Gasteiger partial charge in [-0.05, 0) is 32.9 Å². The maximum Gasteiger partial charge on any atom is 0.238 e. The molecule has 1 aromatic heterocycles. The number of aromatic nitrogens is 1. The Bertz CT molecular complexity index is 367. The van der Waals surface area contributed by atoms with Crippen molar-refractivity contribution in [3.8, 4) is 5.88 Å². The van der Waals surface area contributed by atoms with Crippen molar-refractivity contribution >= 4 is 27.5 Å². The minimum absolute atomic E-state index is 0.0203. The van der Waals surface area contributed by atoms with Crippen LogP contribution in [0.15, 0.2) is 18.3 Å². The summed E-state index contributed by atoms with van der Waals surface area (Å²) in [7, 11) is 0. The number of amides is 1. The smallest absolute Gasteiger partial charge is 0.238 e. The van der Waals surface area contributed by atoms with Crippen LogP contribution in [-0.2, 0) is 4.79 Å². The molecule has 0 saturated heterocycles. The van der Waals surface area contributed by atoms with Crippen LogP contribution in [0.2, 0.25) is 0 Å². The van der Waals surface area contributed by atoms with Crippen LogP contribution in [0.25, 0.3) is 0 Å². The number of anilines is 1. The molecule has 1 amide bonds. The summed E-state index contributed by atoms with van der Waals surface area (Å²) in [6, 6.07) is 3.51. The number of hydrogen-bond donors (Lipinski definition) is 1. The van der Waals surface area contributed by atoms with Gasteiger partial charge in [0.25, 0.3) is 0 Å². The summed E-state index contributed by atoms with van der Waals surface area (Å²) in [6.07, 6.45) is 1.65. The van der Waals surface area contributed by atoms with Crippen molar-refractivity contribution in [3.63, 3.8) is 0 Å². The van der Waals surface area contributed by atoms with Gasteiger partial charge in [-0.25, -0.2) is 4.98 Å². The van der Waals surface area contributed by atoms with Crippen LogP contribution in [0.3, 0.4) is 0 Å². The van der Waals surface area contributed by atoms with Gasteiger partial charge in [0.05, 0.1) is 10.9 Å². The average Bonchev–Trinajstić information content (AvgIpc) is 2.20. The Labute approximate surface area is 104 Å². The van der Waals surface area contributed by atoms with E-state index in [9.17, 15) is 4.79 Å². The van der Waals surface area contributed by atoms with Crippen molar-refractivity contribution in [3.05, 3.63) is 18.3 Å². The van der Waals surface area contributed by atoms with Gasteiger partial charge in [0.2, 0.25) is 11.8 Å². The number of carbonyl (C=O) groups is 1. The van der Waals surface area contributed by atoms with Gasteiger partial charge >= 0.3 is 0 Å². The van der Waals surface area contributed by atoms with Gasteiger partial charge in [0, 0.05) is 6.20 Å². The number of alkyl halides is 1. The maximum atomic E-state index is 11.5. The minimum atomic E-state index is -0.250. The molecule has 0 saturated carbocycles. The van der Waals surface area contributed by atoms with Gasteiger partial charge in [-0.3, -0.25) is 4.79 Å². The summed E-state index contributed by atoms with van der Waals surface area (Å²) in [5.41, 5.74) is 0.590. The summed E-state index contributed by atoms with van der Waals surface area (Å²) in [5.74, 6) is 0.320. The fourth-order valence-corrected chi connectivity index (χ4v) is 1.15. The molecule has 0 radical (unpaired) electrons. The molecule has 0 spiro atoms. The number of halogens is 1. The highest BCUT2D eigenvalue weighted by Gasteiger charge is 2.13. The predicted octanol–water partition coefficient (Wildman–Crippen LogP) is 2.59. The van der Waals surface area contributed by atoms with Gasteiger partial charge in [0.15, 0.2) is 0 Å². The Hall–Kier alpha value is -1.10. The average molecular weight is 287 g/mol. The molecule has 0 aliphatic heterocycles. The summed E-state index contributed by atoms with van der Waals surface area (Å²) < 4.78 is 5.48. The molecule has 0 fully saturated rings. The lowest BCUT2D eigenvalue weighted by atomic mass is 10.3. The molecule has 16 heavy (non-hydrogen) atoms. The molecule has 0 aliphatic carbocycles. The zero-order valence-electron chi connectivity index (χ0n) is 9.53. The van der Waals surface area contributed by atoms with E-state index in [1.165, 1.54) is 0 Å². The first-order valence-corrected chi connectivity index (χ1v) is 5.99. The van der Waals surface area contributed by atoms with E-state index in [1.54, 1.807) is 25.3 Å². The third kappa shape index (κ3) is 3.81. The van der Waals surface area contributed by atoms with E-state index >= 15 is 0 Å². The number of hydrogen-bond acceptors (Lipinski definition) is 3. The first-order chi connectivity index (χ1) is 7.50. The molecule has 0 bridgehead atoms. The second-order valence-corrected chi connectivity index (χ2v) is 5.00. The van der Waals surface area contributed by atoms with Gasteiger partial charge in [-0.2, -0.15) is 0 Å². The van der Waals surface area contributed by atoms with Gasteiger partial charge in [-0.1, -0.05) is 15.9 Å². The van der Waals surface area contributed by atoms with E-state index in [2.05, 4.69) is 26.2 Å². The molecule has 5 heteroatoms. The van der Waals surface area contributed by atoms with E-state index in [-0.39, 0.29) is 16.8 Å². The third-order valence-corrected chi connectivity index (χ3v) is 2.15. The Balaban J connectivity index is 2.82. The van der Waals surface area contributed by atoms with Crippen LogP contribution in [-0.4, -0.2) is 21.8 Å². The molecule has 1 rings (SSSR count). The Morgan fingerprint density at radius 2 is 2.19 bits per heavy atom. The normalized spacial score (nSPS) is 12.3. The number of carbonyl (C=O) groups excluding carboxylic acids is 1. The van der Waals surface area contributed by atoms with Crippen molar-refractivity contribution in [2.75, 3.05) is 5.32 Å². The summed E-state index contributed by atoms with van der Waals surface area (Å²) in [6.45, 7) is 5.58. The highest BCUT2D eigenvalue weighted by molar-refractivity contribution is 9.10. The molecule has 1 unspecified atom stereocenters. The van der Waals surface area contributed by atoms with E-state index in [0.717, 1.165) is 0 Å². The summed E-state index contributed by atoms with van der Waals surface area (Å²) in [5, 5.41) is 2.74. The minimum Gasteiger partial charge on any atom is -0.473 e. The molecule has 1 heterocycles. The zero-order chi connectivity index (χ0) is 12.1. The lowest BCUT2D eigenvalue weighted by molar-refractivity contribution is -0.115. The van der Waals surface area contributed by atoms with Crippen molar-refractivity contribution in [1.82, 2.24) is 4.98 Å². The van der Waals surface area contributed by atoms with E-state index < -0.39 is 0 Å². The number of pyridine rings is 1. The standard InChI is InChI=1S/C11H15BrN2O2/c1-7(2)16-11-9(5-4-6-13-11)14-10(15)8(3)12/h4-8H,1-3H3,(H,14,15). The van der Waals surface area contributed by atoms with Crippen LogP contribution in [0, 0.1) is 0 Å². The fourth-order valence-electron chi connectivity index (χ4n) is 1.04. The first-order valence-electron chi connectivity index (χ1n) is 5.07. The maximum absolute atomic E-state index is 11.5. The van der Waals surface area contributed by atoms with Crippen LogP contribution in [0.4, 0.5) is 5.69 Å². The van der Waals surface area contributed by atoms with Crippen LogP contribution < -0.4 is 10.1 Å². The van der Waals surface area contributed by atoms with E-state index in [1.807, 2.05) is 13.8 Å². The second kappa shape index (κ2) is 5.84. The Morgan fingerprint density at radius 3 is 2.75 bits per heavy atom. The lowest BCUT2D eigenvalue weighted by Gasteiger charge is -2.13. The second-order valence-electron chi connectivity index (χ2n) is 3.63. The first kappa shape index (κ1) is 13.0. The molecular formula is C11H15BrN2O2. The highest BCUT2D eigenvalue weighted by Crippen LogP contribution is 2.22. The topological polar surface area (TPSA) is 51.2 Å². The van der Waals surface area contributed by atoms with E-state index in [0.29, 0.717) is 11.6 Å². The monoisotopic (exact) mass is 286 g/mol. The molecule has 4 nitrogen and oxygen atoms in total. The molecule has 1 atom stereocenters. The van der Waals surface area contributed by atoms with Crippen molar-refractivity contribution in [2.24, 2.45) is 0 Å². The quantitative estimate of drug-likeness (QED) is 0.866. The zero-order valence-corrected chi connectivity index (χ0v) is 11.1. The number of rotatable bonds is 4. The number of nitrogens with one attached hydrogen (secondary N) is 1. The molecule has 0 aliphatic rings. The molecular weight excluding hydrogens is 272 g/mol. The Morgan fingerprint density at radius 1 is 1.50 bits per heavy atom. The van der Waals surface area contributed by atoms with Crippen LogP contribution >= 0.6 is 15.9 Å². The van der Waals surface area contributed by atoms with Crippen molar-refractivity contribution < 1.29 is 9.53 Å². The Kier molecular flexibility index (Phi) is 4.73. The number of nitrogens with zero attached hydrogens (tertiary/aromatic N) is 1.